The molecule has 1 aliphatic rings. The van der Waals surface area contributed by atoms with E-state index < -0.39 is 0 Å². The minimum Gasteiger partial charge on any atom is -0.398 e. The van der Waals surface area contributed by atoms with E-state index >= 15 is 0 Å². The topological polar surface area (TPSA) is 46.3 Å². The Hall–Kier alpha value is -1.51. The van der Waals surface area contributed by atoms with Crippen LogP contribution < -0.4 is 10.6 Å². The highest BCUT2D eigenvalue weighted by Crippen LogP contribution is 2.30. The van der Waals surface area contributed by atoms with Crippen LogP contribution in [0.1, 0.15) is 24.5 Å². The van der Waals surface area contributed by atoms with E-state index in [1.54, 1.807) is 0 Å². The Morgan fingerprint density at radius 2 is 2.00 bits per heavy atom. The number of carbonyl (C=O) groups excluding carboxylic acids is 1. The molecule has 0 spiro atoms. The van der Waals surface area contributed by atoms with Crippen LogP contribution in [0.4, 0.5) is 11.4 Å². The number of nitrogen functional groups attached to an aromatic ring is 1. The Balaban J connectivity index is 2.41. The van der Waals surface area contributed by atoms with Crippen molar-refractivity contribution < 1.29 is 4.79 Å². The quantitative estimate of drug-likeness (QED) is 0.735. The molecule has 0 saturated carbocycles. The Labute approximate surface area is 96.2 Å². The van der Waals surface area contributed by atoms with Crippen LogP contribution in [0.2, 0.25) is 0 Å². The average Bonchev–Trinajstić information content (AvgIpc) is 2.51. The highest BCUT2D eigenvalue weighted by Gasteiger charge is 2.28. The summed E-state index contributed by atoms with van der Waals surface area (Å²) in [5, 5.41) is 0. The first-order chi connectivity index (χ1) is 7.49. The molecule has 1 atom stereocenters. The molecule has 1 aliphatic heterocycles. The molecule has 1 amide bonds. The van der Waals surface area contributed by atoms with Crippen molar-refractivity contribution in [3.8, 4) is 0 Å². The molecule has 86 valence electrons. The van der Waals surface area contributed by atoms with Crippen molar-refractivity contribution in [2.45, 2.75) is 27.2 Å². The molecule has 0 aliphatic carbocycles. The Kier molecular flexibility index (Phi) is 2.62. The average molecular weight is 218 g/mol. The number of hydrogen-bond acceptors (Lipinski definition) is 2. The molecule has 0 radical (unpaired) electrons. The predicted octanol–water partition coefficient (Wildman–Crippen LogP) is 2.26. The molecule has 3 heteroatoms. The van der Waals surface area contributed by atoms with Crippen LogP contribution in [0.5, 0.6) is 0 Å². The first-order valence-corrected chi connectivity index (χ1v) is 5.66. The number of benzene rings is 1. The van der Waals surface area contributed by atoms with Crippen LogP contribution in [-0.2, 0) is 4.79 Å². The van der Waals surface area contributed by atoms with Crippen molar-refractivity contribution in [1.29, 1.82) is 0 Å². The fraction of sp³-hybridized carbons (Fsp3) is 0.462. The summed E-state index contributed by atoms with van der Waals surface area (Å²) in [6.45, 7) is 6.92. The first kappa shape index (κ1) is 11.0. The largest absolute Gasteiger partial charge is 0.398 e. The van der Waals surface area contributed by atoms with Crippen LogP contribution in [-0.4, -0.2) is 12.5 Å². The first-order valence-electron chi connectivity index (χ1n) is 5.66. The number of hydrogen-bond donors (Lipinski definition) is 1. The van der Waals surface area contributed by atoms with E-state index in [1.807, 2.05) is 30.9 Å². The summed E-state index contributed by atoms with van der Waals surface area (Å²) >= 11 is 0. The summed E-state index contributed by atoms with van der Waals surface area (Å²) in [7, 11) is 0. The zero-order valence-electron chi connectivity index (χ0n) is 10.1. The van der Waals surface area contributed by atoms with Crippen LogP contribution in [0, 0.1) is 19.8 Å². The van der Waals surface area contributed by atoms with E-state index in [2.05, 4.69) is 6.92 Å². The number of carbonyl (C=O) groups is 1. The van der Waals surface area contributed by atoms with Crippen LogP contribution in [0.3, 0.4) is 0 Å². The molecular weight excluding hydrogens is 200 g/mol. The standard InChI is InChI=1S/C13H18N2O/c1-8-4-13(16)15(7-8)12-6-11(14)9(2)5-10(12)3/h5-6,8H,4,7,14H2,1-3H3. The van der Waals surface area contributed by atoms with Crippen molar-refractivity contribution in [3.05, 3.63) is 23.3 Å². The summed E-state index contributed by atoms with van der Waals surface area (Å²) < 4.78 is 0. The molecule has 3 nitrogen and oxygen atoms in total. The SMILES string of the molecule is Cc1cc(C)c(N2CC(C)CC2=O)cc1N. The van der Waals surface area contributed by atoms with E-state index in [0.717, 1.165) is 29.0 Å². The third kappa shape index (κ3) is 1.77. The van der Waals surface area contributed by atoms with Gasteiger partial charge >= 0.3 is 0 Å². The van der Waals surface area contributed by atoms with Crippen molar-refractivity contribution >= 4 is 17.3 Å². The van der Waals surface area contributed by atoms with E-state index in [4.69, 9.17) is 5.73 Å². The third-order valence-electron chi connectivity index (χ3n) is 3.19. The lowest BCUT2D eigenvalue weighted by molar-refractivity contribution is -0.117. The van der Waals surface area contributed by atoms with E-state index in [9.17, 15) is 4.79 Å². The van der Waals surface area contributed by atoms with Crippen molar-refractivity contribution in [2.24, 2.45) is 5.92 Å². The number of amides is 1. The molecule has 1 aromatic rings. The van der Waals surface area contributed by atoms with Gasteiger partial charge in [-0.1, -0.05) is 13.0 Å². The zero-order chi connectivity index (χ0) is 11.9. The summed E-state index contributed by atoms with van der Waals surface area (Å²) in [6.07, 6.45) is 0.646. The van der Waals surface area contributed by atoms with Crippen molar-refractivity contribution in [1.82, 2.24) is 0 Å². The summed E-state index contributed by atoms with van der Waals surface area (Å²) in [4.78, 5) is 13.7. The Morgan fingerprint density at radius 3 is 2.56 bits per heavy atom. The normalized spacial score (nSPS) is 20.6. The molecule has 1 fully saturated rings. The maximum absolute atomic E-state index is 11.8. The van der Waals surface area contributed by atoms with Gasteiger partial charge in [0.2, 0.25) is 5.91 Å². The number of aryl methyl sites for hydroxylation is 2. The Morgan fingerprint density at radius 1 is 1.31 bits per heavy atom. The predicted molar refractivity (Wildman–Crippen MR) is 66.5 cm³/mol. The highest BCUT2D eigenvalue weighted by molar-refractivity contribution is 5.97. The van der Waals surface area contributed by atoms with Crippen LogP contribution in [0.25, 0.3) is 0 Å². The molecule has 2 N–H and O–H groups in total. The number of nitrogens with zero attached hydrogens (tertiary/aromatic N) is 1. The van der Waals surface area contributed by atoms with E-state index in [-0.39, 0.29) is 5.91 Å². The number of anilines is 2. The fourth-order valence-corrected chi connectivity index (χ4v) is 2.27. The van der Waals surface area contributed by atoms with Crippen LogP contribution >= 0.6 is 0 Å². The molecular formula is C13H18N2O. The second-order valence-corrected chi connectivity index (χ2v) is 4.81. The second kappa shape index (κ2) is 3.81. The van der Waals surface area contributed by atoms with Gasteiger partial charge in [0, 0.05) is 24.3 Å². The van der Waals surface area contributed by atoms with Crippen molar-refractivity contribution in [2.75, 3.05) is 17.2 Å². The Bertz CT molecular complexity index is 440. The highest BCUT2D eigenvalue weighted by atomic mass is 16.2. The molecule has 0 bridgehead atoms. The number of rotatable bonds is 1. The van der Waals surface area contributed by atoms with Gasteiger partial charge in [-0.05, 0) is 37.0 Å². The second-order valence-electron chi connectivity index (χ2n) is 4.81. The minimum atomic E-state index is 0.207. The van der Waals surface area contributed by atoms with Gasteiger partial charge in [0.15, 0.2) is 0 Å². The molecule has 1 aromatic carbocycles. The lowest BCUT2D eigenvalue weighted by atomic mass is 10.1. The third-order valence-corrected chi connectivity index (χ3v) is 3.19. The molecule has 1 unspecified atom stereocenters. The summed E-state index contributed by atoms with van der Waals surface area (Å²) in [5.41, 5.74) is 9.82. The van der Waals surface area contributed by atoms with Gasteiger partial charge in [0.25, 0.3) is 0 Å². The number of nitrogens with two attached hydrogens (primary N) is 1. The lowest BCUT2D eigenvalue weighted by Gasteiger charge is -2.20. The summed E-state index contributed by atoms with van der Waals surface area (Å²) in [6, 6.07) is 3.96. The van der Waals surface area contributed by atoms with Gasteiger partial charge in [-0.3, -0.25) is 4.79 Å². The molecule has 0 aromatic heterocycles. The summed E-state index contributed by atoms with van der Waals surface area (Å²) in [5.74, 6) is 0.647. The van der Waals surface area contributed by atoms with Gasteiger partial charge in [-0.25, -0.2) is 0 Å². The van der Waals surface area contributed by atoms with Gasteiger partial charge in [-0.15, -0.1) is 0 Å². The van der Waals surface area contributed by atoms with Gasteiger partial charge in [0.1, 0.15) is 0 Å². The molecule has 16 heavy (non-hydrogen) atoms. The lowest BCUT2D eigenvalue weighted by Crippen LogP contribution is -2.25. The monoisotopic (exact) mass is 218 g/mol. The fourth-order valence-electron chi connectivity index (χ4n) is 2.27. The zero-order valence-corrected chi connectivity index (χ0v) is 10.1. The molecule has 1 heterocycles. The maximum atomic E-state index is 11.8. The molecule has 2 rings (SSSR count). The maximum Gasteiger partial charge on any atom is 0.227 e. The smallest absolute Gasteiger partial charge is 0.227 e. The van der Waals surface area contributed by atoms with Gasteiger partial charge in [0.05, 0.1) is 0 Å². The van der Waals surface area contributed by atoms with Gasteiger partial charge in [-0.2, -0.15) is 0 Å². The van der Waals surface area contributed by atoms with E-state index in [1.165, 1.54) is 0 Å². The van der Waals surface area contributed by atoms with Crippen molar-refractivity contribution in [3.63, 3.8) is 0 Å². The molecule has 1 saturated heterocycles. The van der Waals surface area contributed by atoms with Gasteiger partial charge < -0.3 is 10.6 Å². The minimum absolute atomic E-state index is 0.207. The van der Waals surface area contributed by atoms with E-state index in [0.29, 0.717) is 12.3 Å². The van der Waals surface area contributed by atoms with Crippen LogP contribution in [0.15, 0.2) is 12.1 Å².